The summed E-state index contributed by atoms with van der Waals surface area (Å²) in [6, 6.07) is 13.6. The number of carbonyl (C=O) groups excluding carboxylic acids is 1. The number of hydrogen-bond acceptors (Lipinski definition) is 3. The van der Waals surface area contributed by atoms with Crippen molar-refractivity contribution >= 4 is 28.9 Å². The van der Waals surface area contributed by atoms with Crippen molar-refractivity contribution in [2.45, 2.75) is 19.3 Å². The molecule has 0 saturated carbocycles. The molecule has 1 amide bonds. The van der Waals surface area contributed by atoms with Gasteiger partial charge in [-0.3, -0.25) is 4.79 Å². The monoisotopic (exact) mass is 381 g/mol. The molecule has 2 N–H and O–H groups in total. The van der Waals surface area contributed by atoms with Crippen LogP contribution in [0.2, 0.25) is 0 Å². The number of fused-ring (bicyclic) bond motifs is 1. The summed E-state index contributed by atoms with van der Waals surface area (Å²) in [7, 11) is 0. The lowest BCUT2D eigenvalue weighted by atomic mass is 9.88. The second-order valence-corrected chi connectivity index (χ2v) is 7.63. The van der Waals surface area contributed by atoms with Gasteiger partial charge < -0.3 is 10.4 Å². The van der Waals surface area contributed by atoms with E-state index in [0.717, 1.165) is 27.3 Å². The molecule has 1 aliphatic heterocycles. The van der Waals surface area contributed by atoms with Crippen LogP contribution in [-0.2, 0) is 4.79 Å². The van der Waals surface area contributed by atoms with Crippen molar-refractivity contribution in [3.63, 3.8) is 0 Å². The van der Waals surface area contributed by atoms with Gasteiger partial charge in [0.05, 0.1) is 5.69 Å². The average molecular weight is 381 g/mol. The Balaban J connectivity index is 1.94. The Morgan fingerprint density at radius 3 is 2.63 bits per heavy atom. The first-order valence-electron chi connectivity index (χ1n) is 8.46. The molecule has 0 aliphatic carbocycles. The first-order chi connectivity index (χ1) is 12.9. The Bertz CT molecular complexity index is 1060. The number of halogens is 1. The van der Waals surface area contributed by atoms with Gasteiger partial charge in [-0.15, -0.1) is 11.3 Å². The van der Waals surface area contributed by atoms with Crippen molar-refractivity contribution in [2.75, 3.05) is 5.32 Å². The number of aryl methyl sites for hydroxylation is 1. The van der Waals surface area contributed by atoms with E-state index in [1.807, 2.05) is 31.2 Å². The molecule has 3 aromatic rings. The van der Waals surface area contributed by atoms with E-state index in [1.54, 1.807) is 12.1 Å². The smallest absolute Gasteiger partial charge is 0.346 e. The fourth-order valence-electron chi connectivity index (χ4n) is 3.43. The number of hydrogen-bond donors (Lipinski definition) is 2. The number of carboxylic acids is 1. The standard InChI is InChI=1S/C21H16FNO3S/c1-11-5-7-12(8-6-11)17-18-19(27-20(17)21(25)26)15(10-16(24)23-18)13-3-2-4-14(22)9-13/h2-9,15H,10H2,1H3,(H,23,24)(H,25,26). The van der Waals surface area contributed by atoms with Gasteiger partial charge in [0.1, 0.15) is 10.7 Å². The summed E-state index contributed by atoms with van der Waals surface area (Å²) < 4.78 is 13.7. The number of nitrogens with one attached hydrogen (secondary N) is 1. The summed E-state index contributed by atoms with van der Waals surface area (Å²) in [5, 5.41) is 12.6. The average Bonchev–Trinajstić information content (AvgIpc) is 3.01. The van der Waals surface area contributed by atoms with Crippen molar-refractivity contribution < 1.29 is 19.1 Å². The van der Waals surface area contributed by atoms with E-state index in [2.05, 4.69) is 5.32 Å². The topological polar surface area (TPSA) is 66.4 Å². The molecule has 0 saturated heterocycles. The highest BCUT2D eigenvalue weighted by molar-refractivity contribution is 7.15. The Morgan fingerprint density at radius 1 is 1.22 bits per heavy atom. The maximum atomic E-state index is 13.7. The van der Waals surface area contributed by atoms with E-state index in [9.17, 15) is 19.1 Å². The first kappa shape index (κ1) is 17.4. The maximum absolute atomic E-state index is 13.7. The zero-order valence-corrected chi connectivity index (χ0v) is 15.3. The van der Waals surface area contributed by atoms with Crippen LogP contribution in [0.25, 0.3) is 11.1 Å². The number of benzene rings is 2. The largest absolute Gasteiger partial charge is 0.477 e. The summed E-state index contributed by atoms with van der Waals surface area (Å²) in [5.74, 6) is -2.00. The Labute approximate surface area is 159 Å². The van der Waals surface area contributed by atoms with E-state index in [1.165, 1.54) is 12.1 Å². The Hall–Kier alpha value is -2.99. The Morgan fingerprint density at radius 2 is 1.96 bits per heavy atom. The fraction of sp³-hybridized carbons (Fsp3) is 0.143. The second kappa shape index (κ2) is 6.63. The lowest BCUT2D eigenvalue weighted by molar-refractivity contribution is -0.116. The van der Waals surface area contributed by atoms with Gasteiger partial charge >= 0.3 is 5.97 Å². The molecule has 2 aromatic carbocycles. The third-order valence-corrected chi connectivity index (χ3v) is 5.98. The number of amides is 1. The fourth-order valence-corrected chi connectivity index (χ4v) is 4.67. The summed E-state index contributed by atoms with van der Waals surface area (Å²) >= 11 is 1.14. The third-order valence-electron chi connectivity index (χ3n) is 4.69. The molecule has 1 aliphatic rings. The van der Waals surface area contributed by atoms with Gasteiger partial charge in [-0.05, 0) is 30.2 Å². The molecular weight excluding hydrogens is 365 g/mol. The number of anilines is 1. The van der Waals surface area contributed by atoms with Crippen molar-refractivity contribution in [1.29, 1.82) is 0 Å². The SMILES string of the molecule is Cc1ccc(-c2c(C(=O)O)sc3c2NC(=O)CC3c2cccc(F)c2)cc1. The summed E-state index contributed by atoms with van der Waals surface area (Å²) in [4.78, 5) is 25.2. The number of carboxylic acid groups (broad SMARTS) is 1. The van der Waals surface area contributed by atoms with Gasteiger partial charge in [0.25, 0.3) is 0 Å². The van der Waals surface area contributed by atoms with Crippen LogP contribution in [0, 0.1) is 12.7 Å². The minimum absolute atomic E-state index is 0.156. The van der Waals surface area contributed by atoms with Crippen molar-refractivity contribution in [2.24, 2.45) is 0 Å². The predicted molar refractivity (Wildman–Crippen MR) is 103 cm³/mol. The van der Waals surface area contributed by atoms with Crippen molar-refractivity contribution in [3.05, 3.63) is 75.2 Å². The minimum Gasteiger partial charge on any atom is -0.477 e. The zero-order valence-electron chi connectivity index (χ0n) is 14.5. The molecular formula is C21H16FNO3S. The highest BCUT2D eigenvalue weighted by Gasteiger charge is 2.34. The molecule has 0 spiro atoms. The molecule has 0 fully saturated rings. The molecule has 1 unspecified atom stereocenters. The van der Waals surface area contributed by atoms with Crippen LogP contribution in [0.5, 0.6) is 0 Å². The van der Waals surface area contributed by atoms with E-state index in [-0.39, 0.29) is 28.9 Å². The van der Waals surface area contributed by atoms with Crippen molar-refractivity contribution in [1.82, 2.24) is 0 Å². The van der Waals surface area contributed by atoms with Gasteiger partial charge in [0, 0.05) is 22.8 Å². The summed E-state index contributed by atoms with van der Waals surface area (Å²) in [5.41, 5.74) is 3.49. The van der Waals surface area contributed by atoms with Crippen LogP contribution in [0.1, 0.15) is 38.0 Å². The van der Waals surface area contributed by atoms with Gasteiger partial charge in [-0.2, -0.15) is 0 Å². The molecule has 0 radical (unpaired) electrons. The number of carbonyl (C=O) groups is 2. The molecule has 6 heteroatoms. The van der Waals surface area contributed by atoms with Gasteiger partial charge in [0.15, 0.2) is 0 Å². The lowest BCUT2D eigenvalue weighted by Crippen LogP contribution is -2.22. The van der Waals surface area contributed by atoms with Gasteiger partial charge in [-0.25, -0.2) is 9.18 Å². The van der Waals surface area contributed by atoms with E-state index < -0.39 is 5.97 Å². The van der Waals surface area contributed by atoms with E-state index >= 15 is 0 Å². The zero-order chi connectivity index (χ0) is 19.1. The van der Waals surface area contributed by atoms with E-state index in [4.69, 9.17) is 0 Å². The van der Waals surface area contributed by atoms with Crippen molar-refractivity contribution in [3.8, 4) is 11.1 Å². The number of thiophene rings is 1. The van der Waals surface area contributed by atoms with Crippen LogP contribution in [0.4, 0.5) is 10.1 Å². The number of aromatic carboxylic acids is 1. The van der Waals surface area contributed by atoms with Gasteiger partial charge in [-0.1, -0.05) is 42.0 Å². The third kappa shape index (κ3) is 3.13. The molecule has 1 atom stereocenters. The molecule has 1 aromatic heterocycles. The maximum Gasteiger partial charge on any atom is 0.346 e. The van der Waals surface area contributed by atoms with Crippen LogP contribution >= 0.6 is 11.3 Å². The first-order valence-corrected chi connectivity index (χ1v) is 9.28. The van der Waals surface area contributed by atoms with E-state index in [0.29, 0.717) is 16.8 Å². The predicted octanol–water partition coefficient (Wildman–Crippen LogP) is 5.03. The van der Waals surface area contributed by atoms with Crippen LogP contribution < -0.4 is 5.32 Å². The number of rotatable bonds is 3. The molecule has 27 heavy (non-hydrogen) atoms. The van der Waals surface area contributed by atoms with Crippen LogP contribution in [0.15, 0.2) is 48.5 Å². The molecule has 2 heterocycles. The summed E-state index contributed by atoms with van der Waals surface area (Å²) in [6.45, 7) is 1.95. The molecule has 136 valence electrons. The van der Waals surface area contributed by atoms with Crippen LogP contribution in [0.3, 0.4) is 0 Å². The second-order valence-electron chi connectivity index (χ2n) is 6.58. The highest BCUT2D eigenvalue weighted by atomic mass is 32.1. The normalized spacial score (nSPS) is 15.9. The molecule has 4 nitrogen and oxygen atoms in total. The lowest BCUT2D eigenvalue weighted by Gasteiger charge is -2.24. The molecule has 0 bridgehead atoms. The quantitative estimate of drug-likeness (QED) is 0.668. The Kier molecular flexibility index (Phi) is 4.28. The summed E-state index contributed by atoms with van der Waals surface area (Å²) in [6.07, 6.45) is 0.156. The molecule has 4 rings (SSSR count). The minimum atomic E-state index is -1.04. The van der Waals surface area contributed by atoms with Gasteiger partial charge in [0.2, 0.25) is 5.91 Å². The highest BCUT2D eigenvalue weighted by Crippen LogP contribution is 2.49. The van der Waals surface area contributed by atoms with Crippen LogP contribution in [-0.4, -0.2) is 17.0 Å².